The van der Waals surface area contributed by atoms with Crippen LogP contribution in [0, 0.1) is 58.2 Å². The molecule has 0 bridgehead atoms. The van der Waals surface area contributed by atoms with E-state index in [2.05, 4.69) is 34.6 Å². The van der Waals surface area contributed by atoms with E-state index in [9.17, 15) is 39.6 Å². The van der Waals surface area contributed by atoms with Gasteiger partial charge >= 0.3 is 71.1 Å². The van der Waals surface area contributed by atoms with Crippen LogP contribution in [0.2, 0.25) is 10.0 Å². The second kappa shape index (κ2) is 29.4. The molecule has 9 atom stereocenters. The Morgan fingerprint density at radius 2 is 1.10 bits per heavy atom. The number of hydrogen-bond acceptors (Lipinski definition) is 8. The predicted molar refractivity (Wildman–Crippen MR) is 331 cm³/mol. The number of carbonyl (C=O) groups excluding carboxylic acids is 2. The van der Waals surface area contributed by atoms with E-state index < -0.39 is 23.9 Å². The molecule has 4 aliphatic rings. The van der Waals surface area contributed by atoms with Crippen LogP contribution < -0.4 is 78.8 Å². The summed E-state index contributed by atoms with van der Waals surface area (Å²) in [6.07, 6.45) is 19.2. The first-order chi connectivity index (χ1) is 40.7. The standard InChI is InChI=1S/C73H80Cl2O10.2Na/c1-43(2)10-6-11-44(3)61-28-29-62-58-27-26-56-34-45(30-32-72(56,4)63(58)31-33-73(61,62)5)12-7-17-57(54-37-59(70(80)81)66(64(74)39-54)84-41-46-18-22-48(23-19-46)50-13-8-15-52(35-50)68(76)77)55-38-60(71(82)83)67(65(75)40-55)85-42-47-20-24-49(25-21-47)51-14-9-16-53(36-51)69(78)79;;/h8-9,13-25,35-40,43-45,56,58,61-63H,6-7,10-12,26-34,41-42H2,1-5H3,(H,76,77)(H,78,79)(H,80,81)(H,82,83);;/q;2*+1/p-2/t44?,45-,56?,58-,61+,62-,63-,72-,73+;;/m0../s1. The normalized spacial score (nSPS) is 23.1. The Morgan fingerprint density at radius 3 is 1.60 bits per heavy atom. The summed E-state index contributed by atoms with van der Waals surface area (Å²) >= 11 is 14.1. The average molecular weight is 1230 g/mol. The number of allylic oxidation sites excluding steroid dienone is 1. The molecule has 446 valence electrons. The van der Waals surface area contributed by atoms with Crippen LogP contribution in [0.5, 0.6) is 11.5 Å². The van der Waals surface area contributed by atoms with Gasteiger partial charge in [-0.15, -0.1) is 0 Å². The van der Waals surface area contributed by atoms with Crippen molar-refractivity contribution in [2.24, 2.45) is 58.2 Å². The number of rotatable bonds is 22. The Bertz CT molecular complexity index is 3320. The van der Waals surface area contributed by atoms with E-state index in [1.54, 1.807) is 36.4 Å². The molecule has 4 saturated carbocycles. The monoisotopic (exact) mass is 1230 g/mol. The number of carboxylic acid groups (broad SMARTS) is 4. The van der Waals surface area contributed by atoms with Crippen LogP contribution in [0.3, 0.4) is 0 Å². The SMILES string of the molecule is CC(C)CCCC(C)[C@H]1CC[C@H]2[C@@H]3CCC4C[C@@H](CCC=C(c5cc(Cl)c(OCc6ccc(-c7cccc(C(=O)O)c7)cc6)c(C(=O)[O-])c5)c5cc(Cl)c(OCc6ccc(-c7cccc(C(=O)O)c7)cc6)c(C(=O)[O-])c5)CC[C@]4(C)[C@H]3CC[C@]12C.[Na+].[Na+]. The first kappa shape index (κ1) is 68.0. The first-order valence-corrected chi connectivity index (χ1v) is 31.4. The van der Waals surface area contributed by atoms with Crippen LogP contribution in [0.15, 0.2) is 127 Å². The number of benzene rings is 6. The fourth-order valence-corrected chi connectivity index (χ4v) is 16.7. The number of carbonyl (C=O) groups is 4. The summed E-state index contributed by atoms with van der Waals surface area (Å²) in [7, 11) is 0. The number of fused-ring (bicyclic) bond motifs is 5. The molecule has 0 spiro atoms. The van der Waals surface area contributed by atoms with E-state index in [0.29, 0.717) is 56.9 Å². The van der Waals surface area contributed by atoms with E-state index in [4.69, 9.17) is 32.7 Å². The van der Waals surface area contributed by atoms with Crippen molar-refractivity contribution in [3.05, 3.63) is 182 Å². The van der Waals surface area contributed by atoms with Gasteiger partial charge in [-0.25, -0.2) is 9.59 Å². The molecule has 0 heterocycles. The van der Waals surface area contributed by atoms with Crippen molar-refractivity contribution in [1.29, 1.82) is 0 Å². The molecule has 0 aliphatic heterocycles. The zero-order valence-corrected chi connectivity index (χ0v) is 57.0. The number of hydrogen-bond donors (Lipinski definition) is 2. The molecule has 10 rings (SSSR count). The van der Waals surface area contributed by atoms with Crippen LogP contribution in [-0.2, 0) is 13.2 Å². The fraction of sp³-hybridized carbons (Fsp3) is 0.425. The van der Waals surface area contributed by atoms with Gasteiger partial charge in [-0.05, 0) is 227 Å². The molecule has 87 heavy (non-hydrogen) atoms. The molecule has 6 aromatic rings. The molecule has 2 N–H and O–H groups in total. The van der Waals surface area contributed by atoms with E-state index in [-0.39, 0.29) is 116 Å². The van der Waals surface area contributed by atoms with Crippen LogP contribution >= 0.6 is 23.2 Å². The van der Waals surface area contributed by atoms with Gasteiger partial charge in [-0.2, -0.15) is 0 Å². The topological polar surface area (TPSA) is 173 Å². The maximum absolute atomic E-state index is 13.1. The quantitative estimate of drug-likeness (QED) is 0.0623. The van der Waals surface area contributed by atoms with Gasteiger partial charge < -0.3 is 39.5 Å². The van der Waals surface area contributed by atoms with Crippen LogP contribution in [0.25, 0.3) is 27.8 Å². The smallest absolute Gasteiger partial charge is 0.545 e. The Morgan fingerprint density at radius 1 is 0.598 bits per heavy atom. The molecule has 10 nitrogen and oxygen atoms in total. The van der Waals surface area contributed by atoms with Gasteiger partial charge in [-0.3, -0.25) is 0 Å². The Hall–Kier alpha value is -4.88. The Kier molecular flexibility index (Phi) is 23.0. The maximum Gasteiger partial charge on any atom is 1.00 e. The molecule has 0 radical (unpaired) electrons. The van der Waals surface area contributed by atoms with Crippen molar-refractivity contribution in [1.82, 2.24) is 0 Å². The van der Waals surface area contributed by atoms with Gasteiger partial charge in [0.1, 0.15) is 24.7 Å². The number of ether oxygens (including phenoxy) is 2. The van der Waals surface area contributed by atoms with Crippen molar-refractivity contribution in [3.63, 3.8) is 0 Å². The van der Waals surface area contributed by atoms with Gasteiger partial charge in [0.2, 0.25) is 0 Å². The molecule has 0 aromatic heterocycles. The zero-order chi connectivity index (χ0) is 60.3. The van der Waals surface area contributed by atoms with E-state index in [0.717, 1.165) is 70.6 Å². The van der Waals surface area contributed by atoms with Crippen molar-refractivity contribution in [2.45, 2.75) is 138 Å². The summed E-state index contributed by atoms with van der Waals surface area (Å²) in [5.74, 6) is 0.640. The molecule has 14 heteroatoms. The van der Waals surface area contributed by atoms with E-state index in [1.165, 1.54) is 94.9 Å². The minimum Gasteiger partial charge on any atom is -0.545 e. The molecule has 4 fully saturated rings. The molecule has 0 saturated heterocycles. The van der Waals surface area contributed by atoms with E-state index in [1.807, 2.05) is 66.7 Å². The van der Waals surface area contributed by atoms with Crippen molar-refractivity contribution in [2.75, 3.05) is 0 Å². The summed E-state index contributed by atoms with van der Waals surface area (Å²) in [4.78, 5) is 49.4. The van der Waals surface area contributed by atoms with Crippen molar-refractivity contribution >= 4 is 52.7 Å². The van der Waals surface area contributed by atoms with Gasteiger partial charge in [0.25, 0.3) is 0 Å². The largest absolute Gasteiger partial charge is 1.00 e. The Balaban J connectivity index is 0.00000491. The zero-order valence-electron chi connectivity index (χ0n) is 51.5. The molecule has 2 unspecified atom stereocenters. The number of aromatic carboxylic acids is 4. The Labute approximate surface area is 567 Å². The first-order valence-electron chi connectivity index (χ1n) is 30.6. The van der Waals surface area contributed by atoms with E-state index >= 15 is 0 Å². The molecule has 6 aromatic carbocycles. The summed E-state index contributed by atoms with van der Waals surface area (Å²) in [6, 6.07) is 33.9. The third-order valence-electron chi connectivity index (χ3n) is 20.6. The summed E-state index contributed by atoms with van der Waals surface area (Å²) in [6.45, 7) is 12.5. The number of halogens is 2. The molecule has 4 aliphatic carbocycles. The molecular formula is C73H78Cl2Na2O10. The second-order valence-corrected chi connectivity index (χ2v) is 26.8. The summed E-state index contributed by atoms with van der Waals surface area (Å²) in [5, 5.41) is 45.2. The minimum atomic E-state index is -1.52. The molecular weight excluding hydrogens is 1150 g/mol. The van der Waals surface area contributed by atoms with Crippen LogP contribution in [0.1, 0.15) is 188 Å². The minimum absolute atomic E-state index is 0. The average Bonchev–Trinajstić information content (AvgIpc) is 2.59. The van der Waals surface area contributed by atoms with Gasteiger partial charge in [0.05, 0.1) is 33.1 Å². The van der Waals surface area contributed by atoms with Gasteiger partial charge in [0.15, 0.2) is 0 Å². The number of carboxylic acids is 4. The second-order valence-electron chi connectivity index (χ2n) is 26.0. The van der Waals surface area contributed by atoms with Gasteiger partial charge in [-0.1, -0.05) is 156 Å². The van der Waals surface area contributed by atoms with Crippen molar-refractivity contribution in [3.8, 4) is 33.8 Å². The van der Waals surface area contributed by atoms with Gasteiger partial charge in [0, 0.05) is 11.1 Å². The third kappa shape index (κ3) is 15.1. The summed E-state index contributed by atoms with van der Waals surface area (Å²) in [5.41, 5.74) is 6.25. The van der Waals surface area contributed by atoms with Crippen molar-refractivity contribution < 1.29 is 108 Å². The maximum atomic E-state index is 13.1. The predicted octanol–water partition coefficient (Wildman–Crippen LogP) is 10.6. The fourth-order valence-electron chi connectivity index (χ4n) is 16.2. The molecule has 0 amide bonds. The van der Waals surface area contributed by atoms with Crippen LogP contribution in [-0.4, -0.2) is 34.1 Å². The summed E-state index contributed by atoms with van der Waals surface area (Å²) < 4.78 is 12.3. The van der Waals surface area contributed by atoms with Crippen LogP contribution in [0.4, 0.5) is 0 Å². The third-order valence-corrected chi connectivity index (χ3v) is 21.2.